The van der Waals surface area contributed by atoms with E-state index in [2.05, 4.69) is 0 Å². The third-order valence-electron chi connectivity index (χ3n) is 6.57. The van der Waals surface area contributed by atoms with Crippen molar-refractivity contribution >= 4 is 17.7 Å². The van der Waals surface area contributed by atoms with E-state index in [9.17, 15) is 19.5 Å². The Balaban J connectivity index is 1.53. The SMILES string of the molecule is CCC(=O)N1CC(=O)N2[C@H](CO)[C@@H](c3ccc(-c4ccc(C(=O)N(C)C)cc4)cc3)[C@@H]2C1. The Bertz CT molecular complexity index is 1020. The topological polar surface area (TPSA) is 81.2 Å². The van der Waals surface area contributed by atoms with Gasteiger partial charge in [0.1, 0.15) is 0 Å². The van der Waals surface area contributed by atoms with Crippen LogP contribution >= 0.6 is 0 Å². The predicted octanol–water partition coefficient (Wildman–Crippen LogP) is 1.96. The van der Waals surface area contributed by atoms with Crippen molar-refractivity contribution < 1.29 is 19.5 Å². The average molecular weight is 436 g/mol. The van der Waals surface area contributed by atoms with Gasteiger partial charge in [-0.05, 0) is 28.8 Å². The molecule has 2 aliphatic rings. The van der Waals surface area contributed by atoms with Crippen LogP contribution in [0.25, 0.3) is 11.1 Å². The molecular formula is C25H29N3O4. The Hall–Kier alpha value is -3.19. The van der Waals surface area contributed by atoms with E-state index < -0.39 is 0 Å². The molecule has 7 nitrogen and oxygen atoms in total. The molecule has 3 atom stereocenters. The molecule has 1 N–H and O–H groups in total. The van der Waals surface area contributed by atoms with E-state index in [0.29, 0.717) is 18.5 Å². The zero-order chi connectivity index (χ0) is 23.0. The molecule has 0 bridgehead atoms. The van der Waals surface area contributed by atoms with Crippen molar-refractivity contribution in [3.05, 3.63) is 59.7 Å². The summed E-state index contributed by atoms with van der Waals surface area (Å²) < 4.78 is 0. The first-order chi connectivity index (χ1) is 15.3. The summed E-state index contributed by atoms with van der Waals surface area (Å²) in [5.74, 6) is -0.155. The summed E-state index contributed by atoms with van der Waals surface area (Å²) in [5, 5.41) is 9.93. The molecule has 4 rings (SSSR count). The lowest BCUT2D eigenvalue weighted by molar-refractivity contribution is -0.166. The highest BCUT2D eigenvalue weighted by molar-refractivity contribution is 5.94. The van der Waals surface area contributed by atoms with Crippen LogP contribution in [0.4, 0.5) is 0 Å². The minimum absolute atomic E-state index is 0.00875. The number of rotatable bonds is 5. The molecule has 3 amide bonds. The minimum Gasteiger partial charge on any atom is -0.394 e. The number of aliphatic hydroxyl groups is 1. The Labute approximate surface area is 188 Å². The molecule has 2 heterocycles. The Morgan fingerprint density at radius 3 is 2.16 bits per heavy atom. The molecule has 0 spiro atoms. The predicted molar refractivity (Wildman–Crippen MR) is 121 cm³/mol. The molecule has 32 heavy (non-hydrogen) atoms. The fraction of sp³-hybridized carbons (Fsp3) is 0.400. The summed E-state index contributed by atoms with van der Waals surface area (Å²) in [6.07, 6.45) is 0.377. The second kappa shape index (κ2) is 8.74. The second-order valence-electron chi connectivity index (χ2n) is 8.67. The molecule has 2 aromatic rings. The van der Waals surface area contributed by atoms with E-state index in [4.69, 9.17) is 0 Å². The molecule has 0 saturated carbocycles. The van der Waals surface area contributed by atoms with Crippen LogP contribution in [0.15, 0.2) is 48.5 Å². The second-order valence-corrected chi connectivity index (χ2v) is 8.67. The molecule has 7 heteroatoms. The number of benzene rings is 2. The van der Waals surface area contributed by atoms with Gasteiger partial charge in [-0.2, -0.15) is 0 Å². The summed E-state index contributed by atoms with van der Waals surface area (Å²) >= 11 is 0. The number of piperazine rings is 1. The lowest BCUT2D eigenvalue weighted by atomic mass is 9.73. The average Bonchev–Trinajstić information content (AvgIpc) is 2.79. The van der Waals surface area contributed by atoms with Crippen molar-refractivity contribution in [2.24, 2.45) is 0 Å². The van der Waals surface area contributed by atoms with Gasteiger partial charge in [-0.3, -0.25) is 14.4 Å². The first-order valence-corrected chi connectivity index (χ1v) is 11.0. The number of aliphatic hydroxyl groups excluding tert-OH is 1. The van der Waals surface area contributed by atoms with Gasteiger partial charge in [0.2, 0.25) is 11.8 Å². The lowest BCUT2D eigenvalue weighted by Crippen LogP contribution is -2.73. The summed E-state index contributed by atoms with van der Waals surface area (Å²) in [4.78, 5) is 41.8. The lowest BCUT2D eigenvalue weighted by Gasteiger charge is -2.58. The number of amides is 3. The molecule has 2 saturated heterocycles. The van der Waals surface area contributed by atoms with E-state index in [1.54, 1.807) is 35.7 Å². The Morgan fingerprint density at radius 2 is 1.62 bits per heavy atom. The van der Waals surface area contributed by atoms with Crippen molar-refractivity contribution in [2.75, 3.05) is 33.8 Å². The molecule has 2 aliphatic heterocycles. The van der Waals surface area contributed by atoms with Crippen molar-refractivity contribution in [3.63, 3.8) is 0 Å². The fourth-order valence-electron chi connectivity index (χ4n) is 4.87. The summed E-state index contributed by atoms with van der Waals surface area (Å²) in [6, 6.07) is 15.3. The highest BCUT2D eigenvalue weighted by Crippen LogP contribution is 2.43. The highest BCUT2D eigenvalue weighted by Gasteiger charge is 2.54. The van der Waals surface area contributed by atoms with Crippen LogP contribution in [0, 0.1) is 0 Å². The first-order valence-electron chi connectivity index (χ1n) is 11.0. The number of hydrogen-bond acceptors (Lipinski definition) is 4. The molecule has 0 unspecified atom stereocenters. The van der Waals surface area contributed by atoms with E-state index >= 15 is 0 Å². The number of carbonyl (C=O) groups excluding carboxylic acids is 3. The Kier molecular flexibility index (Phi) is 6.02. The van der Waals surface area contributed by atoms with Crippen molar-refractivity contribution in [1.82, 2.24) is 14.7 Å². The van der Waals surface area contributed by atoms with Crippen LogP contribution in [-0.4, -0.2) is 83.4 Å². The number of fused-ring (bicyclic) bond motifs is 1. The minimum atomic E-state index is -0.256. The third kappa shape index (κ3) is 3.77. The van der Waals surface area contributed by atoms with Crippen molar-refractivity contribution in [3.8, 4) is 11.1 Å². The van der Waals surface area contributed by atoms with E-state index in [-0.39, 0.29) is 48.9 Å². The zero-order valence-electron chi connectivity index (χ0n) is 18.7. The quantitative estimate of drug-likeness (QED) is 0.779. The maximum atomic E-state index is 12.6. The number of nitrogens with zero attached hydrogens (tertiary/aromatic N) is 3. The van der Waals surface area contributed by atoms with E-state index in [1.807, 2.05) is 48.5 Å². The van der Waals surface area contributed by atoms with E-state index in [0.717, 1.165) is 16.7 Å². The van der Waals surface area contributed by atoms with Crippen LogP contribution in [0.1, 0.15) is 35.2 Å². The molecule has 0 aromatic heterocycles. The normalized spacial score (nSPS) is 22.2. The first kappa shape index (κ1) is 22.0. The molecule has 2 fully saturated rings. The zero-order valence-corrected chi connectivity index (χ0v) is 18.7. The van der Waals surface area contributed by atoms with Crippen LogP contribution in [0.5, 0.6) is 0 Å². The fourth-order valence-corrected chi connectivity index (χ4v) is 4.87. The largest absolute Gasteiger partial charge is 0.394 e. The van der Waals surface area contributed by atoms with Crippen LogP contribution in [-0.2, 0) is 9.59 Å². The van der Waals surface area contributed by atoms with E-state index in [1.165, 1.54) is 0 Å². The third-order valence-corrected chi connectivity index (χ3v) is 6.57. The Morgan fingerprint density at radius 1 is 1.03 bits per heavy atom. The van der Waals surface area contributed by atoms with Crippen molar-refractivity contribution in [1.29, 1.82) is 0 Å². The van der Waals surface area contributed by atoms with Gasteiger partial charge in [-0.25, -0.2) is 0 Å². The summed E-state index contributed by atoms with van der Waals surface area (Å²) in [5.41, 5.74) is 3.72. The van der Waals surface area contributed by atoms with Crippen LogP contribution in [0.2, 0.25) is 0 Å². The van der Waals surface area contributed by atoms with Gasteiger partial charge in [0, 0.05) is 38.5 Å². The van der Waals surface area contributed by atoms with Gasteiger partial charge in [-0.1, -0.05) is 43.3 Å². The monoisotopic (exact) mass is 435 g/mol. The molecule has 2 aromatic carbocycles. The van der Waals surface area contributed by atoms with Gasteiger partial charge in [0.15, 0.2) is 0 Å². The summed E-state index contributed by atoms with van der Waals surface area (Å²) in [6.45, 7) is 2.30. The van der Waals surface area contributed by atoms with Gasteiger partial charge in [0.05, 0.1) is 25.2 Å². The maximum Gasteiger partial charge on any atom is 0.253 e. The molecule has 168 valence electrons. The van der Waals surface area contributed by atoms with Crippen LogP contribution < -0.4 is 0 Å². The molecular weight excluding hydrogens is 406 g/mol. The number of carbonyl (C=O) groups is 3. The van der Waals surface area contributed by atoms with Crippen molar-refractivity contribution in [2.45, 2.75) is 31.3 Å². The maximum absolute atomic E-state index is 12.6. The van der Waals surface area contributed by atoms with Gasteiger partial charge in [0.25, 0.3) is 5.91 Å². The molecule has 0 radical (unpaired) electrons. The van der Waals surface area contributed by atoms with Gasteiger partial charge < -0.3 is 19.8 Å². The number of hydrogen-bond donors (Lipinski definition) is 1. The standard InChI is InChI=1S/C25H29N3O4/c1-4-22(30)27-13-20-24(21(15-29)28(20)23(31)14-27)18-9-5-16(6-10-18)17-7-11-19(12-8-17)25(32)26(2)3/h5-12,20-21,24,29H,4,13-15H2,1-3H3/t20-,21+,24-/m0/s1. The van der Waals surface area contributed by atoms with Gasteiger partial charge >= 0.3 is 0 Å². The molecule has 0 aliphatic carbocycles. The smallest absolute Gasteiger partial charge is 0.253 e. The van der Waals surface area contributed by atoms with Crippen LogP contribution in [0.3, 0.4) is 0 Å². The van der Waals surface area contributed by atoms with Gasteiger partial charge in [-0.15, -0.1) is 0 Å². The highest BCUT2D eigenvalue weighted by atomic mass is 16.3. The summed E-state index contributed by atoms with van der Waals surface area (Å²) in [7, 11) is 3.46.